The van der Waals surface area contributed by atoms with Crippen LogP contribution in [0.15, 0.2) is 23.1 Å². The quantitative estimate of drug-likeness (QED) is 0.768. The highest BCUT2D eigenvalue weighted by Gasteiger charge is 2.31. The molecule has 0 saturated carbocycles. The third kappa shape index (κ3) is 3.74. The Morgan fingerprint density at radius 1 is 1.24 bits per heavy atom. The van der Waals surface area contributed by atoms with Crippen molar-refractivity contribution >= 4 is 31.5 Å². The number of sulfonamides is 1. The molecule has 5 nitrogen and oxygen atoms in total. The van der Waals surface area contributed by atoms with Crippen LogP contribution in [0.3, 0.4) is 0 Å². The molecule has 2 rings (SSSR count). The van der Waals surface area contributed by atoms with E-state index in [1.165, 1.54) is 12.1 Å². The van der Waals surface area contributed by atoms with Gasteiger partial charge in [-0.05, 0) is 24.1 Å². The second-order valence-electron chi connectivity index (χ2n) is 4.81. The van der Waals surface area contributed by atoms with Crippen molar-refractivity contribution in [2.75, 3.05) is 24.6 Å². The lowest BCUT2D eigenvalue weighted by molar-refractivity contribution is 0.430. The molecular weight excluding hydrogens is 341 g/mol. The fourth-order valence-electron chi connectivity index (χ4n) is 2.12. The monoisotopic (exact) mass is 355 g/mol. The highest BCUT2D eigenvalue weighted by molar-refractivity contribution is 7.91. The van der Waals surface area contributed by atoms with Gasteiger partial charge in [-0.25, -0.2) is 21.2 Å². The summed E-state index contributed by atoms with van der Waals surface area (Å²) in [6.45, 7) is -0.0959. The van der Waals surface area contributed by atoms with Gasteiger partial charge in [-0.3, -0.25) is 0 Å². The van der Waals surface area contributed by atoms with Crippen LogP contribution in [0.5, 0.6) is 0 Å². The van der Waals surface area contributed by atoms with Crippen LogP contribution >= 0.6 is 11.6 Å². The summed E-state index contributed by atoms with van der Waals surface area (Å²) in [7, 11) is -7.30. The minimum absolute atomic E-state index is 0.0524. The third-order valence-electron chi connectivity index (χ3n) is 3.28. The summed E-state index contributed by atoms with van der Waals surface area (Å²) in [5.41, 5.74) is 0.485. The van der Waals surface area contributed by atoms with Crippen molar-refractivity contribution in [3.8, 4) is 0 Å². The van der Waals surface area contributed by atoms with Crippen LogP contribution in [0.4, 0.5) is 4.39 Å². The molecule has 1 aromatic carbocycles. The Morgan fingerprint density at radius 3 is 2.62 bits per heavy atom. The number of rotatable bonds is 3. The summed E-state index contributed by atoms with van der Waals surface area (Å²) in [6.07, 6.45) is 0.207. The van der Waals surface area contributed by atoms with Crippen LogP contribution in [0.25, 0.3) is 0 Å². The van der Waals surface area contributed by atoms with Gasteiger partial charge >= 0.3 is 0 Å². The maximum Gasteiger partial charge on any atom is 0.246 e. The van der Waals surface area contributed by atoms with Gasteiger partial charge in [-0.1, -0.05) is 6.07 Å². The van der Waals surface area contributed by atoms with E-state index in [-0.39, 0.29) is 36.9 Å². The normalized spacial score (nSPS) is 20.1. The van der Waals surface area contributed by atoms with Crippen LogP contribution in [0.1, 0.15) is 12.0 Å². The Bertz CT molecular complexity index is 734. The number of hydrogen-bond donors (Lipinski definition) is 0. The van der Waals surface area contributed by atoms with Gasteiger partial charge in [0.05, 0.1) is 11.5 Å². The molecule has 0 atom stereocenters. The van der Waals surface area contributed by atoms with E-state index in [0.717, 1.165) is 10.4 Å². The van der Waals surface area contributed by atoms with Crippen molar-refractivity contribution in [2.24, 2.45) is 0 Å². The summed E-state index contributed by atoms with van der Waals surface area (Å²) in [6, 6.07) is 3.66. The molecule has 1 saturated heterocycles. The Hall–Kier alpha value is -0.700. The van der Waals surface area contributed by atoms with E-state index in [1.54, 1.807) is 0 Å². The summed E-state index contributed by atoms with van der Waals surface area (Å²) in [4.78, 5) is -0.458. The first-order chi connectivity index (χ1) is 9.76. The second kappa shape index (κ2) is 6.20. The van der Waals surface area contributed by atoms with Gasteiger partial charge in [0.2, 0.25) is 10.0 Å². The van der Waals surface area contributed by atoms with Crippen LogP contribution in [0, 0.1) is 5.82 Å². The molecule has 0 amide bonds. The van der Waals surface area contributed by atoms with Gasteiger partial charge in [0.1, 0.15) is 10.7 Å². The summed E-state index contributed by atoms with van der Waals surface area (Å²) >= 11 is 5.64. The van der Waals surface area contributed by atoms with Crippen molar-refractivity contribution < 1.29 is 21.2 Å². The minimum Gasteiger partial charge on any atom is -0.229 e. The minimum atomic E-state index is -4.06. The molecule has 1 aromatic rings. The molecule has 1 heterocycles. The fourth-order valence-corrected chi connectivity index (χ4v) is 5.27. The molecule has 1 fully saturated rings. The average Bonchev–Trinajstić information content (AvgIpc) is 2.60. The number of nitrogens with zero attached hydrogens (tertiary/aromatic N) is 1. The highest BCUT2D eigenvalue weighted by Crippen LogP contribution is 2.23. The lowest BCUT2D eigenvalue weighted by Gasteiger charge is -2.20. The number of sulfone groups is 1. The molecule has 0 unspecified atom stereocenters. The molecule has 21 heavy (non-hydrogen) atoms. The Balaban J connectivity index is 2.38. The van der Waals surface area contributed by atoms with E-state index in [4.69, 9.17) is 11.6 Å². The standard InChI is InChI=1S/C12H15ClFNO4S2/c13-9-10-2-3-11(14)12(8-10)21(18,19)15-4-1-6-20(16,17)7-5-15/h2-3,8H,1,4-7,9H2. The average molecular weight is 356 g/mol. The van der Waals surface area contributed by atoms with Crippen molar-refractivity contribution in [2.45, 2.75) is 17.2 Å². The Morgan fingerprint density at radius 2 is 1.95 bits per heavy atom. The van der Waals surface area contributed by atoms with E-state index in [9.17, 15) is 21.2 Å². The Kier molecular flexibility index (Phi) is 4.92. The fraction of sp³-hybridized carbons (Fsp3) is 0.500. The largest absolute Gasteiger partial charge is 0.246 e. The first-order valence-corrected chi connectivity index (χ1v) is 10.1. The van der Waals surface area contributed by atoms with Gasteiger partial charge in [0.25, 0.3) is 0 Å². The Labute approximate surface area is 128 Å². The molecule has 0 N–H and O–H groups in total. The van der Waals surface area contributed by atoms with E-state index in [1.807, 2.05) is 0 Å². The first kappa shape index (κ1) is 16.7. The van der Waals surface area contributed by atoms with Gasteiger partial charge in [-0.15, -0.1) is 11.6 Å². The van der Waals surface area contributed by atoms with Crippen LogP contribution < -0.4 is 0 Å². The van der Waals surface area contributed by atoms with Crippen molar-refractivity contribution in [3.63, 3.8) is 0 Å². The van der Waals surface area contributed by atoms with E-state index >= 15 is 0 Å². The predicted molar refractivity (Wildman–Crippen MR) is 78.0 cm³/mol. The van der Waals surface area contributed by atoms with Crippen molar-refractivity contribution in [1.82, 2.24) is 4.31 Å². The van der Waals surface area contributed by atoms with E-state index in [0.29, 0.717) is 5.56 Å². The highest BCUT2D eigenvalue weighted by atomic mass is 35.5. The van der Waals surface area contributed by atoms with Crippen molar-refractivity contribution in [3.05, 3.63) is 29.6 Å². The summed E-state index contributed by atoms with van der Waals surface area (Å²) in [5.74, 6) is -1.10. The molecule has 0 bridgehead atoms. The number of hydrogen-bond acceptors (Lipinski definition) is 4. The zero-order valence-corrected chi connectivity index (χ0v) is 13.5. The maximum absolute atomic E-state index is 13.8. The molecule has 0 radical (unpaired) electrons. The summed E-state index contributed by atoms with van der Waals surface area (Å²) < 4.78 is 62.9. The summed E-state index contributed by atoms with van der Waals surface area (Å²) in [5, 5.41) is 0. The van der Waals surface area contributed by atoms with Crippen LogP contribution in [0.2, 0.25) is 0 Å². The molecular formula is C12H15ClFNO4S2. The number of alkyl halides is 1. The van der Waals surface area contributed by atoms with Crippen LogP contribution in [-0.2, 0) is 25.7 Å². The van der Waals surface area contributed by atoms with Crippen LogP contribution in [-0.4, -0.2) is 45.7 Å². The molecule has 0 aromatic heterocycles. The lowest BCUT2D eigenvalue weighted by atomic mass is 10.2. The van der Waals surface area contributed by atoms with Gasteiger partial charge < -0.3 is 0 Å². The molecule has 0 aliphatic carbocycles. The first-order valence-electron chi connectivity index (χ1n) is 6.31. The topological polar surface area (TPSA) is 71.5 Å². The van der Waals surface area contributed by atoms with Gasteiger partial charge in [0, 0.05) is 19.0 Å². The SMILES string of the molecule is O=S1(=O)CCCN(S(=O)(=O)c2cc(CCl)ccc2F)CC1. The lowest BCUT2D eigenvalue weighted by Crippen LogP contribution is -2.34. The molecule has 9 heteroatoms. The molecule has 1 aliphatic rings. The smallest absolute Gasteiger partial charge is 0.229 e. The second-order valence-corrected chi connectivity index (χ2v) is 9.29. The number of halogens is 2. The maximum atomic E-state index is 13.8. The zero-order chi connectivity index (χ0) is 15.7. The molecule has 118 valence electrons. The molecule has 0 spiro atoms. The predicted octanol–water partition coefficient (Wildman–Crippen LogP) is 1.37. The zero-order valence-electron chi connectivity index (χ0n) is 11.1. The van der Waals surface area contributed by atoms with Gasteiger partial charge in [-0.2, -0.15) is 4.31 Å². The van der Waals surface area contributed by atoms with E-state index < -0.39 is 30.6 Å². The molecule has 1 aliphatic heterocycles. The van der Waals surface area contributed by atoms with Crippen molar-refractivity contribution in [1.29, 1.82) is 0 Å². The third-order valence-corrected chi connectivity index (χ3v) is 7.22. The van der Waals surface area contributed by atoms with Gasteiger partial charge in [0.15, 0.2) is 9.84 Å². The van der Waals surface area contributed by atoms with E-state index in [2.05, 4.69) is 0 Å². The number of benzene rings is 1.